The van der Waals surface area contributed by atoms with Crippen LogP contribution in [0.2, 0.25) is 0 Å². The molecule has 6 heteroatoms. The van der Waals surface area contributed by atoms with Crippen LogP contribution < -0.4 is 5.73 Å². The second kappa shape index (κ2) is 11.1. The van der Waals surface area contributed by atoms with Gasteiger partial charge in [0.25, 0.3) is 0 Å². The number of nitrogens with zero attached hydrogens (tertiary/aromatic N) is 1. The second-order valence-corrected chi connectivity index (χ2v) is 4.11. The minimum absolute atomic E-state index is 0. The van der Waals surface area contributed by atoms with Crippen molar-refractivity contribution < 1.29 is 47.1 Å². The molecule has 4 nitrogen and oxygen atoms in total. The molecule has 1 atom stereocenters. The molecule has 0 spiro atoms. The molecule has 1 radical (unpaired) electrons. The predicted molar refractivity (Wildman–Crippen MR) is 76.2 cm³/mol. The Labute approximate surface area is 154 Å². The number of amides is 2. The molecule has 0 heterocycles. The Morgan fingerprint density at radius 2 is 2.09 bits per heavy atom. The van der Waals surface area contributed by atoms with Gasteiger partial charge in [0, 0.05) is 32.7 Å². The minimum Gasteiger partial charge on any atom is -0.350 e. The van der Waals surface area contributed by atoms with E-state index in [1.54, 1.807) is 24.3 Å². The van der Waals surface area contributed by atoms with Crippen molar-refractivity contribution in [3.8, 4) is 11.8 Å². The van der Waals surface area contributed by atoms with Crippen LogP contribution in [0.1, 0.15) is 12.5 Å². The summed E-state index contributed by atoms with van der Waals surface area (Å²) in [5.41, 5.74) is 5.82. The number of nitrogens with two attached hydrogens (primary N) is 1. The van der Waals surface area contributed by atoms with Crippen LogP contribution in [0.5, 0.6) is 0 Å². The Kier molecular flexibility index (Phi) is 10.4. The molecule has 113 valence electrons. The first kappa shape index (κ1) is 20.5. The van der Waals surface area contributed by atoms with Crippen molar-refractivity contribution in [1.82, 2.24) is 5.06 Å². The largest absolute Gasteiger partial charge is 0.350 e. The van der Waals surface area contributed by atoms with Gasteiger partial charge >= 0.3 is 6.03 Å². The van der Waals surface area contributed by atoms with E-state index < -0.39 is 12.1 Å². The van der Waals surface area contributed by atoms with E-state index in [9.17, 15) is 9.18 Å². The summed E-state index contributed by atoms with van der Waals surface area (Å²) in [6.45, 7) is 1.52. The average Bonchev–Trinajstić information content (AvgIpc) is 2.47. The van der Waals surface area contributed by atoms with Crippen molar-refractivity contribution in [3.05, 3.63) is 60.0 Å². The van der Waals surface area contributed by atoms with Crippen LogP contribution in [-0.4, -0.2) is 22.3 Å². The van der Waals surface area contributed by atoms with Crippen LogP contribution >= 0.6 is 0 Å². The SMILES string of the molecule is C[C@@H](C#C[C-]=CC=[C-]Cc1ccc(F)cc1)N(O)C(N)=O.[Y]. The van der Waals surface area contributed by atoms with Gasteiger partial charge in [-0.3, -0.25) is 5.21 Å². The Balaban J connectivity index is 0.00000441. The Hall–Kier alpha value is -1.48. The van der Waals surface area contributed by atoms with E-state index >= 15 is 0 Å². The molecule has 0 unspecified atom stereocenters. The number of primary amides is 1. The van der Waals surface area contributed by atoms with Crippen LogP contribution in [0.4, 0.5) is 9.18 Å². The number of hydroxylamine groups is 2. The molecule has 0 aromatic heterocycles. The average molecular weight is 375 g/mol. The Morgan fingerprint density at radius 1 is 1.45 bits per heavy atom. The first-order valence-electron chi connectivity index (χ1n) is 6.17. The summed E-state index contributed by atoms with van der Waals surface area (Å²) in [5, 5.41) is 9.49. The van der Waals surface area contributed by atoms with Gasteiger partial charge in [-0.15, -0.1) is 0 Å². The van der Waals surface area contributed by atoms with Gasteiger partial charge in [-0.05, 0) is 19.1 Å². The molecule has 0 saturated heterocycles. The maximum atomic E-state index is 12.7. The zero-order chi connectivity index (χ0) is 15.7. The van der Waals surface area contributed by atoms with Crippen LogP contribution in [-0.2, 0) is 39.1 Å². The molecule has 0 aliphatic carbocycles. The number of hydrogen-bond acceptors (Lipinski definition) is 2. The topological polar surface area (TPSA) is 66.6 Å². The van der Waals surface area contributed by atoms with Gasteiger partial charge in [-0.1, -0.05) is 24.1 Å². The van der Waals surface area contributed by atoms with Crippen molar-refractivity contribution in [1.29, 1.82) is 0 Å². The molecule has 1 aromatic rings. The third-order valence-corrected chi connectivity index (χ3v) is 2.45. The number of hydrogen-bond donors (Lipinski definition) is 2. The number of urea groups is 1. The van der Waals surface area contributed by atoms with Gasteiger partial charge in [0.15, 0.2) is 0 Å². The molecule has 1 rings (SSSR count). The minimum atomic E-state index is -0.965. The third kappa shape index (κ3) is 8.09. The Morgan fingerprint density at radius 3 is 2.68 bits per heavy atom. The molecule has 0 fully saturated rings. The number of allylic oxidation sites excluding steroid dienone is 4. The van der Waals surface area contributed by atoms with Crippen molar-refractivity contribution in [2.45, 2.75) is 19.4 Å². The molecule has 22 heavy (non-hydrogen) atoms. The predicted octanol–water partition coefficient (Wildman–Crippen LogP) is 2.25. The summed E-state index contributed by atoms with van der Waals surface area (Å²) in [7, 11) is 0. The number of carbonyl (C=O) groups excluding carboxylic acids is 1. The molecule has 0 saturated carbocycles. The van der Waals surface area contributed by atoms with Crippen LogP contribution in [0.15, 0.2) is 36.4 Å². The first-order chi connectivity index (χ1) is 10.0. The molecular weight excluding hydrogens is 360 g/mol. The number of carbonyl (C=O) groups is 1. The van der Waals surface area contributed by atoms with Crippen LogP contribution in [0.3, 0.4) is 0 Å². The summed E-state index contributed by atoms with van der Waals surface area (Å²) in [5.74, 6) is 4.84. The molecule has 0 aliphatic heterocycles. The Bertz CT molecular complexity index is 588. The summed E-state index contributed by atoms with van der Waals surface area (Å²) in [4.78, 5) is 10.6. The van der Waals surface area contributed by atoms with Gasteiger partial charge < -0.3 is 24.0 Å². The zero-order valence-electron chi connectivity index (χ0n) is 12.1. The first-order valence-corrected chi connectivity index (χ1v) is 6.17. The van der Waals surface area contributed by atoms with Gasteiger partial charge in [0.1, 0.15) is 5.82 Å². The summed E-state index contributed by atoms with van der Waals surface area (Å²) < 4.78 is 12.7. The molecule has 1 aromatic carbocycles. The zero-order valence-corrected chi connectivity index (χ0v) is 14.9. The van der Waals surface area contributed by atoms with E-state index in [2.05, 4.69) is 24.0 Å². The van der Waals surface area contributed by atoms with Crippen molar-refractivity contribution >= 4 is 6.03 Å². The molecular formula is C16H15FN2O2Y-2. The van der Waals surface area contributed by atoms with Crippen LogP contribution in [0, 0.1) is 29.8 Å². The smallest absolute Gasteiger partial charge is 0.338 e. The van der Waals surface area contributed by atoms with Gasteiger partial charge in [0.2, 0.25) is 0 Å². The van der Waals surface area contributed by atoms with E-state index in [4.69, 9.17) is 10.9 Å². The van der Waals surface area contributed by atoms with E-state index in [0.29, 0.717) is 11.5 Å². The fourth-order valence-electron chi connectivity index (χ4n) is 1.32. The van der Waals surface area contributed by atoms with Gasteiger partial charge in [0.05, 0.1) is 6.04 Å². The summed E-state index contributed by atoms with van der Waals surface area (Å²) >= 11 is 0. The normalized spacial score (nSPS) is 11.6. The maximum Gasteiger partial charge on any atom is 0.338 e. The van der Waals surface area contributed by atoms with Gasteiger partial charge in [-0.25, -0.2) is 32.2 Å². The van der Waals surface area contributed by atoms with Crippen molar-refractivity contribution in [2.75, 3.05) is 0 Å². The fraction of sp³-hybridized carbons (Fsp3) is 0.188. The number of benzene rings is 1. The fourth-order valence-corrected chi connectivity index (χ4v) is 1.32. The molecule has 3 N–H and O–H groups in total. The summed E-state index contributed by atoms with van der Waals surface area (Å²) in [6.07, 6.45) is 9.37. The van der Waals surface area contributed by atoms with E-state index in [0.717, 1.165) is 5.56 Å². The van der Waals surface area contributed by atoms with Crippen molar-refractivity contribution in [3.63, 3.8) is 0 Å². The van der Waals surface area contributed by atoms with E-state index in [1.807, 2.05) is 0 Å². The quantitative estimate of drug-likeness (QED) is 0.279. The van der Waals surface area contributed by atoms with Gasteiger partial charge in [-0.2, -0.15) is 0 Å². The summed E-state index contributed by atoms with van der Waals surface area (Å²) in [6, 6.07) is 4.48. The second-order valence-electron chi connectivity index (χ2n) is 4.11. The molecule has 0 aliphatic rings. The maximum absolute atomic E-state index is 12.7. The monoisotopic (exact) mass is 375 g/mol. The van der Waals surface area contributed by atoms with Crippen molar-refractivity contribution in [2.24, 2.45) is 5.73 Å². The third-order valence-electron chi connectivity index (χ3n) is 2.45. The molecule has 0 bridgehead atoms. The standard InChI is InChI=1S/C16H15FN2O2.Y/c1-13(19(21)16(18)20)7-5-3-2-4-6-8-14-9-11-15(17)12-10-14;/h2,4,9-13,21H,8H2,1H3,(H2,18,20);/q-2;/t13-;/m0./s1. The number of rotatable bonds is 4. The van der Waals surface area contributed by atoms with E-state index in [1.165, 1.54) is 19.1 Å². The number of halogens is 1. The van der Waals surface area contributed by atoms with Crippen LogP contribution in [0.25, 0.3) is 0 Å². The van der Waals surface area contributed by atoms with E-state index in [-0.39, 0.29) is 38.5 Å². The molecule has 2 amide bonds.